The van der Waals surface area contributed by atoms with Crippen LogP contribution >= 0.6 is 0 Å². The molecule has 1 atom stereocenters. The normalized spacial score (nSPS) is 13.1. The molecule has 0 saturated heterocycles. The molecule has 0 aromatic heterocycles. The Bertz CT molecular complexity index is 530. The molecule has 1 aromatic carbocycles. The van der Waals surface area contributed by atoms with Crippen LogP contribution in [0.25, 0.3) is 0 Å². The summed E-state index contributed by atoms with van der Waals surface area (Å²) in [5.41, 5.74) is -0.849. The predicted molar refractivity (Wildman–Crippen MR) is 77.9 cm³/mol. The summed E-state index contributed by atoms with van der Waals surface area (Å²) in [4.78, 5) is 36.4. The van der Waals surface area contributed by atoms with Gasteiger partial charge in [0.25, 0.3) is 5.91 Å². The molecule has 1 rings (SSSR count). The van der Waals surface area contributed by atoms with Gasteiger partial charge < -0.3 is 15.3 Å². The van der Waals surface area contributed by atoms with Crippen molar-refractivity contribution in [2.24, 2.45) is 0 Å². The second kappa shape index (κ2) is 6.88. The maximum atomic E-state index is 12.1. The molecular formula is C15H20N2O4. The van der Waals surface area contributed by atoms with Crippen LogP contribution in [0.15, 0.2) is 30.3 Å². The third-order valence-electron chi connectivity index (χ3n) is 3.34. The van der Waals surface area contributed by atoms with E-state index in [4.69, 9.17) is 5.11 Å². The molecular weight excluding hydrogens is 272 g/mol. The number of amides is 2. The Morgan fingerprint density at radius 1 is 1.24 bits per heavy atom. The van der Waals surface area contributed by atoms with Gasteiger partial charge in [0.2, 0.25) is 5.91 Å². The SMILES string of the molecule is CCC(C)(NC(=O)CN(C)C(=O)c1ccccc1)C(=O)O. The van der Waals surface area contributed by atoms with E-state index >= 15 is 0 Å². The van der Waals surface area contributed by atoms with Gasteiger partial charge in [-0.05, 0) is 25.5 Å². The number of hydrogen-bond acceptors (Lipinski definition) is 3. The van der Waals surface area contributed by atoms with Gasteiger partial charge in [0.15, 0.2) is 0 Å². The third-order valence-corrected chi connectivity index (χ3v) is 3.34. The number of nitrogens with zero attached hydrogens (tertiary/aromatic N) is 1. The molecule has 0 aliphatic carbocycles. The molecule has 21 heavy (non-hydrogen) atoms. The largest absolute Gasteiger partial charge is 0.480 e. The van der Waals surface area contributed by atoms with Crippen molar-refractivity contribution in [2.75, 3.05) is 13.6 Å². The first-order valence-corrected chi connectivity index (χ1v) is 6.65. The summed E-state index contributed by atoms with van der Waals surface area (Å²) in [6.45, 7) is 2.91. The molecule has 0 spiro atoms. The third kappa shape index (κ3) is 4.30. The van der Waals surface area contributed by atoms with Crippen LogP contribution in [0.3, 0.4) is 0 Å². The Morgan fingerprint density at radius 2 is 1.81 bits per heavy atom. The number of aliphatic carboxylic acids is 1. The highest BCUT2D eigenvalue weighted by atomic mass is 16.4. The lowest BCUT2D eigenvalue weighted by atomic mass is 9.99. The van der Waals surface area contributed by atoms with Gasteiger partial charge >= 0.3 is 5.97 Å². The molecule has 1 aromatic rings. The van der Waals surface area contributed by atoms with E-state index in [2.05, 4.69) is 5.32 Å². The summed E-state index contributed by atoms with van der Waals surface area (Å²) < 4.78 is 0. The van der Waals surface area contributed by atoms with E-state index in [9.17, 15) is 14.4 Å². The van der Waals surface area contributed by atoms with Crippen molar-refractivity contribution >= 4 is 17.8 Å². The molecule has 2 amide bonds. The maximum absolute atomic E-state index is 12.1. The highest BCUT2D eigenvalue weighted by molar-refractivity contribution is 5.97. The van der Waals surface area contributed by atoms with Crippen molar-refractivity contribution < 1.29 is 19.5 Å². The van der Waals surface area contributed by atoms with Crippen LogP contribution in [0, 0.1) is 0 Å². The summed E-state index contributed by atoms with van der Waals surface area (Å²) in [7, 11) is 1.50. The number of rotatable bonds is 6. The lowest BCUT2D eigenvalue weighted by molar-refractivity contribution is -0.147. The van der Waals surface area contributed by atoms with Crippen LogP contribution < -0.4 is 5.32 Å². The molecule has 0 aliphatic heterocycles. The molecule has 0 heterocycles. The summed E-state index contributed by atoms with van der Waals surface area (Å²) in [5, 5.41) is 11.6. The Labute approximate surface area is 123 Å². The van der Waals surface area contributed by atoms with Gasteiger partial charge in [-0.2, -0.15) is 0 Å². The highest BCUT2D eigenvalue weighted by Gasteiger charge is 2.33. The van der Waals surface area contributed by atoms with Crippen LogP contribution in [0.5, 0.6) is 0 Å². The Kier molecular flexibility index (Phi) is 5.46. The average molecular weight is 292 g/mol. The zero-order valence-electron chi connectivity index (χ0n) is 12.4. The van der Waals surface area contributed by atoms with Gasteiger partial charge in [-0.25, -0.2) is 4.79 Å². The summed E-state index contributed by atoms with van der Waals surface area (Å²) in [5.74, 6) is -1.90. The topological polar surface area (TPSA) is 86.7 Å². The zero-order valence-corrected chi connectivity index (χ0v) is 12.4. The fourth-order valence-electron chi connectivity index (χ4n) is 1.73. The van der Waals surface area contributed by atoms with Gasteiger partial charge in [0, 0.05) is 12.6 Å². The quantitative estimate of drug-likeness (QED) is 0.823. The second-order valence-corrected chi connectivity index (χ2v) is 5.07. The molecule has 6 nitrogen and oxygen atoms in total. The van der Waals surface area contributed by atoms with Crippen molar-refractivity contribution in [1.82, 2.24) is 10.2 Å². The lowest BCUT2D eigenvalue weighted by Crippen LogP contribution is -2.54. The average Bonchev–Trinajstić information content (AvgIpc) is 2.46. The molecule has 1 unspecified atom stereocenters. The molecule has 0 radical (unpaired) electrons. The van der Waals surface area contributed by atoms with Crippen molar-refractivity contribution in [2.45, 2.75) is 25.8 Å². The predicted octanol–water partition coefficient (Wildman–Crippen LogP) is 1.13. The van der Waals surface area contributed by atoms with E-state index in [1.54, 1.807) is 37.3 Å². The highest BCUT2D eigenvalue weighted by Crippen LogP contribution is 2.09. The Hall–Kier alpha value is -2.37. The number of carbonyl (C=O) groups is 3. The van der Waals surface area contributed by atoms with Crippen molar-refractivity contribution in [3.05, 3.63) is 35.9 Å². The van der Waals surface area contributed by atoms with E-state index in [1.807, 2.05) is 0 Å². The number of hydrogen-bond donors (Lipinski definition) is 2. The lowest BCUT2D eigenvalue weighted by Gasteiger charge is -2.26. The molecule has 0 bridgehead atoms. The maximum Gasteiger partial charge on any atom is 0.329 e. The summed E-state index contributed by atoms with van der Waals surface area (Å²) in [6.07, 6.45) is 0.254. The number of carbonyl (C=O) groups excluding carboxylic acids is 2. The Balaban J connectivity index is 2.67. The number of nitrogens with one attached hydrogen (secondary N) is 1. The van der Waals surface area contributed by atoms with Crippen LogP contribution in [0.1, 0.15) is 30.6 Å². The standard InChI is InChI=1S/C15H20N2O4/c1-4-15(2,14(20)21)16-12(18)10-17(3)13(19)11-8-6-5-7-9-11/h5-9H,4,10H2,1-3H3,(H,16,18)(H,20,21). The Morgan fingerprint density at radius 3 is 2.29 bits per heavy atom. The minimum Gasteiger partial charge on any atom is -0.480 e. The van der Waals surface area contributed by atoms with Gasteiger partial charge in [0.1, 0.15) is 5.54 Å². The number of carboxylic acid groups (broad SMARTS) is 1. The fraction of sp³-hybridized carbons (Fsp3) is 0.400. The summed E-state index contributed by atoms with van der Waals surface area (Å²) in [6, 6.07) is 8.58. The van der Waals surface area contributed by atoms with E-state index < -0.39 is 17.4 Å². The number of benzene rings is 1. The fourth-order valence-corrected chi connectivity index (χ4v) is 1.73. The van der Waals surface area contributed by atoms with E-state index in [1.165, 1.54) is 18.9 Å². The number of likely N-dealkylation sites (N-methyl/N-ethyl adjacent to an activating group) is 1. The van der Waals surface area contributed by atoms with Crippen molar-refractivity contribution in [3.8, 4) is 0 Å². The van der Waals surface area contributed by atoms with Crippen LogP contribution in [-0.2, 0) is 9.59 Å². The van der Waals surface area contributed by atoms with E-state index in [-0.39, 0.29) is 18.9 Å². The molecule has 114 valence electrons. The van der Waals surface area contributed by atoms with E-state index in [0.29, 0.717) is 5.56 Å². The van der Waals surface area contributed by atoms with Gasteiger partial charge in [0.05, 0.1) is 6.54 Å². The first-order chi connectivity index (χ1) is 9.80. The second-order valence-electron chi connectivity index (χ2n) is 5.07. The van der Waals surface area contributed by atoms with Crippen LogP contribution in [-0.4, -0.2) is 46.9 Å². The molecule has 0 saturated carbocycles. The summed E-state index contributed by atoms with van der Waals surface area (Å²) >= 11 is 0. The zero-order chi connectivity index (χ0) is 16.0. The van der Waals surface area contributed by atoms with E-state index in [0.717, 1.165) is 0 Å². The van der Waals surface area contributed by atoms with Gasteiger partial charge in [-0.3, -0.25) is 9.59 Å². The van der Waals surface area contributed by atoms with Gasteiger partial charge in [-0.1, -0.05) is 25.1 Å². The molecule has 2 N–H and O–H groups in total. The first-order valence-electron chi connectivity index (χ1n) is 6.65. The molecule has 0 aliphatic rings. The molecule has 6 heteroatoms. The van der Waals surface area contributed by atoms with Gasteiger partial charge in [-0.15, -0.1) is 0 Å². The first kappa shape index (κ1) is 16.7. The van der Waals surface area contributed by atoms with Crippen LogP contribution in [0.4, 0.5) is 0 Å². The van der Waals surface area contributed by atoms with Crippen molar-refractivity contribution in [3.63, 3.8) is 0 Å². The minimum atomic E-state index is -1.33. The monoisotopic (exact) mass is 292 g/mol. The minimum absolute atomic E-state index is 0.198. The van der Waals surface area contributed by atoms with Crippen molar-refractivity contribution in [1.29, 1.82) is 0 Å². The molecule has 0 fully saturated rings. The smallest absolute Gasteiger partial charge is 0.329 e. The van der Waals surface area contributed by atoms with Crippen LogP contribution in [0.2, 0.25) is 0 Å². The number of carboxylic acids is 1.